The largest absolute Gasteiger partial charge is 0.507 e. The topological polar surface area (TPSA) is 67.8 Å². The fourth-order valence-corrected chi connectivity index (χ4v) is 3.50. The van der Waals surface area contributed by atoms with E-state index in [4.69, 9.17) is 32.7 Å². The Morgan fingerprint density at radius 3 is 2.50 bits per heavy atom. The summed E-state index contributed by atoms with van der Waals surface area (Å²) in [6.45, 7) is 2.20. The number of halogens is 2. The first-order valence-corrected chi connectivity index (χ1v) is 9.42. The van der Waals surface area contributed by atoms with Crippen molar-refractivity contribution in [3.63, 3.8) is 0 Å². The van der Waals surface area contributed by atoms with Gasteiger partial charge < -0.3 is 19.3 Å². The van der Waals surface area contributed by atoms with Crippen LogP contribution in [-0.2, 0) is 9.47 Å². The van der Waals surface area contributed by atoms with E-state index in [0.29, 0.717) is 28.8 Å². The van der Waals surface area contributed by atoms with Gasteiger partial charge in [0, 0.05) is 33.8 Å². The van der Waals surface area contributed by atoms with Gasteiger partial charge in [0.15, 0.2) is 0 Å². The molecule has 0 bridgehead atoms. The van der Waals surface area contributed by atoms with Gasteiger partial charge >= 0.3 is 5.97 Å². The van der Waals surface area contributed by atoms with E-state index in [-0.39, 0.29) is 17.4 Å². The Morgan fingerprint density at radius 2 is 1.92 bits per heavy atom. The van der Waals surface area contributed by atoms with Gasteiger partial charge in [-0.05, 0) is 48.7 Å². The molecule has 26 heavy (non-hydrogen) atoms. The molecule has 0 aromatic heterocycles. The van der Waals surface area contributed by atoms with Crippen molar-refractivity contribution in [2.24, 2.45) is 0 Å². The summed E-state index contributed by atoms with van der Waals surface area (Å²) < 4.78 is 13.4. The van der Waals surface area contributed by atoms with Crippen LogP contribution in [0.1, 0.15) is 23.7 Å². The van der Waals surface area contributed by atoms with Gasteiger partial charge in [-0.3, -0.25) is 0 Å². The van der Waals surface area contributed by atoms with E-state index >= 15 is 0 Å². The van der Waals surface area contributed by atoms with E-state index < -0.39 is 5.97 Å². The van der Waals surface area contributed by atoms with Gasteiger partial charge in [-0.25, -0.2) is 4.79 Å². The minimum atomic E-state index is -0.591. The van der Waals surface area contributed by atoms with E-state index in [0.717, 1.165) is 4.90 Å². The van der Waals surface area contributed by atoms with Crippen LogP contribution in [0.5, 0.6) is 5.75 Å². The van der Waals surface area contributed by atoms with Crippen LogP contribution in [0.2, 0.25) is 10.0 Å². The number of carbonyl (C=O) groups is 1. The molecule has 140 valence electrons. The number of hydrogen-bond acceptors (Lipinski definition) is 6. The summed E-state index contributed by atoms with van der Waals surface area (Å²) in [5.74, 6) is -0.760. The predicted octanol–water partition coefficient (Wildman–Crippen LogP) is 5.40. The third kappa shape index (κ3) is 5.99. The first-order valence-electron chi connectivity index (χ1n) is 7.84. The fourth-order valence-electron chi connectivity index (χ4n) is 2.11. The molecule has 2 aromatic carbocycles. The minimum Gasteiger partial charge on any atom is -0.507 e. The monoisotopic (exact) mass is 415 g/mol. The molecule has 0 aliphatic carbocycles. The first-order chi connectivity index (χ1) is 12.4. The number of aromatic hydroxyl groups is 1. The lowest BCUT2D eigenvalue weighted by atomic mass is 10.2. The average molecular weight is 416 g/mol. The minimum absolute atomic E-state index is 0.0981. The van der Waals surface area contributed by atoms with Crippen molar-refractivity contribution in [1.82, 2.24) is 0 Å². The van der Waals surface area contributed by atoms with Crippen LogP contribution in [-0.4, -0.2) is 30.9 Å². The molecule has 0 fully saturated rings. The lowest BCUT2D eigenvalue weighted by Crippen LogP contribution is -2.22. The van der Waals surface area contributed by atoms with E-state index in [1.54, 1.807) is 31.4 Å². The summed E-state index contributed by atoms with van der Waals surface area (Å²) in [7, 11) is 1.54. The van der Waals surface area contributed by atoms with Crippen LogP contribution in [0.15, 0.2) is 41.3 Å². The van der Waals surface area contributed by atoms with Gasteiger partial charge in [0.05, 0.1) is 6.61 Å². The van der Waals surface area contributed by atoms with Crippen molar-refractivity contribution in [2.45, 2.75) is 24.3 Å². The number of rotatable bonds is 8. The Morgan fingerprint density at radius 1 is 1.23 bits per heavy atom. The third-order valence-corrected chi connectivity index (χ3v) is 4.67. The smallest absolute Gasteiger partial charge is 0.342 e. The van der Waals surface area contributed by atoms with Gasteiger partial charge in [-0.15, -0.1) is 0 Å². The lowest BCUT2D eigenvalue weighted by Gasteiger charge is -2.16. The zero-order chi connectivity index (χ0) is 19.1. The number of nitrogens with one attached hydrogen (secondary N) is 1. The van der Waals surface area contributed by atoms with Gasteiger partial charge in [-0.1, -0.05) is 30.1 Å². The van der Waals surface area contributed by atoms with Crippen molar-refractivity contribution in [3.05, 3.63) is 52.0 Å². The van der Waals surface area contributed by atoms with Gasteiger partial charge in [0.25, 0.3) is 0 Å². The van der Waals surface area contributed by atoms with Crippen LogP contribution in [0.4, 0.5) is 5.69 Å². The average Bonchev–Trinajstić information content (AvgIpc) is 2.58. The molecule has 0 radical (unpaired) electrons. The number of esters is 1. The Bertz CT molecular complexity index is 753. The number of carbonyl (C=O) groups excluding carboxylic acids is 1. The summed E-state index contributed by atoms with van der Waals surface area (Å²) in [4.78, 5) is 13.0. The molecule has 0 saturated heterocycles. The maximum absolute atomic E-state index is 12.2. The number of hydrogen-bond donors (Lipinski definition) is 2. The van der Waals surface area contributed by atoms with Crippen molar-refractivity contribution in [3.8, 4) is 5.75 Å². The van der Waals surface area contributed by atoms with Crippen LogP contribution < -0.4 is 4.72 Å². The standard InChI is InChI=1S/C18H19Cl2NO4S/c1-3-14(10-24-2)25-18(23)16-5-4-13(9-17(16)22)21-26-15-7-11(19)6-12(20)8-15/h4-9,14,21-22H,3,10H2,1-2H3. The molecule has 2 aromatic rings. The molecule has 5 nitrogen and oxygen atoms in total. The molecule has 0 aliphatic heterocycles. The summed E-state index contributed by atoms with van der Waals surface area (Å²) >= 11 is 13.2. The summed E-state index contributed by atoms with van der Waals surface area (Å²) in [6, 6.07) is 9.80. The normalized spacial score (nSPS) is 11.8. The molecule has 0 heterocycles. The second-order valence-corrected chi connectivity index (χ2v) is 7.18. The number of ether oxygens (including phenoxy) is 2. The van der Waals surface area contributed by atoms with E-state index in [2.05, 4.69) is 4.72 Å². The van der Waals surface area contributed by atoms with Crippen LogP contribution in [0, 0.1) is 0 Å². The molecule has 2 N–H and O–H groups in total. The zero-order valence-electron chi connectivity index (χ0n) is 14.3. The molecule has 1 unspecified atom stereocenters. The highest BCUT2D eigenvalue weighted by atomic mass is 35.5. The van der Waals surface area contributed by atoms with Gasteiger partial charge in [0.2, 0.25) is 0 Å². The fraction of sp³-hybridized carbons (Fsp3) is 0.278. The Labute approximate surface area is 166 Å². The molecule has 8 heteroatoms. The number of anilines is 1. The van der Waals surface area contributed by atoms with Crippen molar-refractivity contribution in [1.29, 1.82) is 0 Å². The summed E-state index contributed by atoms with van der Waals surface area (Å²) in [5.41, 5.74) is 0.713. The van der Waals surface area contributed by atoms with Crippen molar-refractivity contribution < 1.29 is 19.4 Å². The molecular formula is C18H19Cl2NO4S. The molecule has 1 atom stereocenters. The zero-order valence-corrected chi connectivity index (χ0v) is 16.6. The maximum atomic E-state index is 12.2. The lowest BCUT2D eigenvalue weighted by molar-refractivity contribution is 0.00451. The predicted molar refractivity (Wildman–Crippen MR) is 105 cm³/mol. The number of benzene rings is 2. The Hall–Kier alpha value is -1.60. The number of methoxy groups -OCH3 is 1. The van der Waals surface area contributed by atoms with Crippen LogP contribution >= 0.6 is 35.1 Å². The Kier molecular flexibility index (Phi) is 7.90. The summed E-state index contributed by atoms with van der Waals surface area (Å²) in [5, 5.41) is 11.2. The molecule has 0 saturated carbocycles. The van der Waals surface area contributed by atoms with E-state index in [1.165, 1.54) is 24.1 Å². The highest BCUT2D eigenvalue weighted by Gasteiger charge is 2.18. The van der Waals surface area contributed by atoms with Crippen LogP contribution in [0.25, 0.3) is 0 Å². The van der Waals surface area contributed by atoms with E-state index in [1.807, 2.05) is 6.92 Å². The molecule has 0 amide bonds. The second kappa shape index (κ2) is 9.92. The van der Waals surface area contributed by atoms with Gasteiger partial charge in [-0.2, -0.15) is 0 Å². The molecular weight excluding hydrogens is 397 g/mol. The highest BCUT2D eigenvalue weighted by molar-refractivity contribution is 8.00. The third-order valence-electron chi connectivity index (χ3n) is 3.42. The first kappa shape index (κ1) is 20.7. The highest BCUT2D eigenvalue weighted by Crippen LogP contribution is 2.30. The summed E-state index contributed by atoms with van der Waals surface area (Å²) in [6.07, 6.45) is 0.270. The quantitative estimate of drug-likeness (QED) is 0.444. The van der Waals surface area contributed by atoms with E-state index in [9.17, 15) is 9.90 Å². The number of phenols is 1. The maximum Gasteiger partial charge on any atom is 0.342 e. The number of phenolic OH excluding ortho intramolecular Hbond substituents is 1. The molecule has 0 aliphatic rings. The van der Waals surface area contributed by atoms with Crippen molar-refractivity contribution in [2.75, 3.05) is 18.4 Å². The second-order valence-electron chi connectivity index (χ2n) is 5.43. The van der Waals surface area contributed by atoms with Gasteiger partial charge in [0.1, 0.15) is 17.4 Å². The molecule has 2 rings (SSSR count). The van der Waals surface area contributed by atoms with Crippen molar-refractivity contribution >= 4 is 46.8 Å². The Balaban J connectivity index is 2.03. The van der Waals surface area contributed by atoms with Crippen LogP contribution in [0.3, 0.4) is 0 Å². The SMILES string of the molecule is CCC(COC)OC(=O)c1ccc(NSc2cc(Cl)cc(Cl)c2)cc1O. The molecule has 0 spiro atoms.